The molecular weight excluding hydrogens is 284 g/mol. The summed E-state index contributed by atoms with van der Waals surface area (Å²) < 4.78 is 11.2. The average molecular weight is 306 g/mol. The first kappa shape index (κ1) is 15.8. The lowest BCUT2D eigenvalue weighted by molar-refractivity contribution is 0.296. The van der Waals surface area contributed by atoms with E-state index in [4.69, 9.17) is 9.47 Å². The quantitative estimate of drug-likeness (QED) is 0.850. The number of benzene rings is 1. The van der Waals surface area contributed by atoms with Gasteiger partial charge in [-0.25, -0.2) is 4.98 Å². The normalized spacial score (nSPS) is 10.9. The van der Waals surface area contributed by atoms with E-state index < -0.39 is 0 Å². The van der Waals surface area contributed by atoms with Gasteiger partial charge in [0.25, 0.3) is 0 Å². The molecule has 0 aliphatic carbocycles. The molecule has 21 heavy (non-hydrogen) atoms. The Labute approximate surface area is 130 Å². The predicted molar refractivity (Wildman–Crippen MR) is 86.2 cm³/mol. The lowest BCUT2D eigenvalue weighted by Gasteiger charge is -2.14. The van der Waals surface area contributed by atoms with E-state index in [1.807, 2.05) is 30.5 Å². The van der Waals surface area contributed by atoms with Crippen LogP contribution in [0.4, 0.5) is 0 Å². The maximum absolute atomic E-state index is 5.92. The highest BCUT2D eigenvalue weighted by atomic mass is 32.1. The van der Waals surface area contributed by atoms with Gasteiger partial charge in [-0.2, -0.15) is 0 Å². The second-order valence-corrected chi connectivity index (χ2v) is 6.22. The number of thiazole rings is 1. The first-order chi connectivity index (χ1) is 10.1. The monoisotopic (exact) mass is 306 g/mol. The van der Waals surface area contributed by atoms with Crippen molar-refractivity contribution in [3.05, 3.63) is 39.8 Å². The van der Waals surface area contributed by atoms with Gasteiger partial charge in [0.15, 0.2) is 0 Å². The molecule has 0 aliphatic heterocycles. The molecule has 0 unspecified atom stereocenters. The molecule has 0 bridgehead atoms. The molecule has 0 radical (unpaired) electrons. The van der Waals surface area contributed by atoms with Gasteiger partial charge in [0.1, 0.15) is 18.1 Å². The Bertz CT molecular complexity index is 581. The fourth-order valence-corrected chi connectivity index (χ4v) is 2.50. The van der Waals surface area contributed by atoms with Gasteiger partial charge < -0.3 is 14.8 Å². The van der Waals surface area contributed by atoms with Crippen LogP contribution in [0.2, 0.25) is 0 Å². The van der Waals surface area contributed by atoms with E-state index in [0.717, 1.165) is 34.3 Å². The first-order valence-electron chi connectivity index (χ1n) is 7.02. The molecule has 1 N–H and O–H groups in total. The molecule has 0 amide bonds. The first-order valence-corrected chi connectivity index (χ1v) is 7.90. The van der Waals surface area contributed by atoms with Crippen molar-refractivity contribution in [1.29, 1.82) is 0 Å². The van der Waals surface area contributed by atoms with E-state index in [2.05, 4.69) is 24.1 Å². The third kappa shape index (κ3) is 4.72. The van der Waals surface area contributed by atoms with Crippen LogP contribution in [-0.4, -0.2) is 18.1 Å². The Balaban J connectivity index is 2.09. The molecule has 0 spiro atoms. The van der Waals surface area contributed by atoms with Gasteiger partial charge in [0, 0.05) is 23.5 Å². The second-order valence-electron chi connectivity index (χ2n) is 5.16. The fourth-order valence-electron chi connectivity index (χ4n) is 1.90. The molecule has 114 valence electrons. The minimum Gasteiger partial charge on any atom is -0.497 e. The van der Waals surface area contributed by atoms with Crippen LogP contribution in [0.5, 0.6) is 11.5 Å². The number of hydrogen-bond acceptors (Lipinski definition) is 5. The summed E-state index contributed by atoms with van der Waals surface area (Å²) in [5, 5.41) is 6.50. The summed E-state index contributed by atoms with van der Waals surface area (Å²) in [5.41, 5.74) is 2.06. The van der Waals surface area contributed by atoms with Gasteiger partial charge >= 0.3 is 0 Å². The Morgan fingerprint density at radius 1 is 1.33 bits per heavy atom. The van der Waals surface area contributed by atoms with E-state index in [1.54, 1.807) is 18.4 Å². The number of aromatic nitrogens is 1. The standard InChI is InChI=1S/C16H22N2O2S/c1-11(2)17-8-13-7-15(19-4)5-6-16(13)20-9-14-10-21-12(3)18-14/h5-7,10-11,17H,8-9H2,1-4H3. The summed E-state index contributed by atoms with van der Waals surface area (Å²) in [6.45, 7) is 7.49. The number of hydrogen-bond donors (Lipinski definition) is 1. The lowest BCUT2D eigenvalue weighted by atomic mass is 10.1. The highest BCUT2D eigenvalue weighted by Gasteiger charge is 2.08. The van der Waals surface area contributed by atoms with E-state index in [-0.39, 0.29) is 0 Å². The van der Waals surface area contributed by atoms with Crippen molar-refractivity contribution >= 4 is 11.3 Å². The van der Waals surface area contributed by atoms with Crippen LogP contribution in [0.25, 0.3) is 0 Å². The maximum Gasteiger partial charge on any atom is 0.131 e. The molecule has 1 aromatic carbocycles. The van der Waals surface area contributed by atoms with E-state index in [9.17, 15) is 0 Å². The topological polar surface area (TPSA) is 43.4 Å². The van der Waals surface area contributed by atoms with Crippen molar-refractivity contribution in [3.8, 4) is 11.5 Å². The van der Waals surface area contributed by atoms with Crippen LogP contribution in [-0.2, 0) is 13.2 Å². The zero-order valence-corrected chi connectivity index (χ0v) is 13.8. The SMILES string of the molecule is COc1ccc(OCc2csc(C)n2)c(CNC(C)C)c1. The average Bonchev–Trinajstić information content (AvgIpc) is 2.88. The fraction of sp³-hybridized carbons (Fsp3) is 0.438. The maximum atomic E-state index is 5.92. The summed E-state index contributed by atoms with van der Waals surface area (Å²) >= 11 is 1.64. The predicted octanol–water partition coefficient (Wildman–Crippen LogP) is 3.54. The number of aryl methyl sites for hydroxylation is 1. The van der Waals surface area contributed by atoms with Gasteiger partial charge in [-0.3, -0.25) is 0 Å². The molecule has 2 rings (SSSR count). The van der Waals surface area contributed by atoms with Crippen LogP contribution in [0.15, 0.2) is 23.6 Å². The van der Waals surface area contributed by atoms with Crippen molar-refractivity contribution in [3.63, 3.8) is 0 Å². The summed E-state index contributed by atoms with van der Waals surface area (Å²) in [6.07, 6.45) is 0. The summed E-state index contributed by atoms with van der Waals surface area (Å²) in [7, 11) is 1.67. The molecule has 1 aromatic heterocycles. The molecule has 5 heteroatoms. The minimum absolute atomic E-state index is 0.422. The van der Waals surface area contributed by atoms with Crippen molar-refractivity contribution < 1.29 is 9.47 Å². The van der Waals surface area contributed by atoms with Gasteiger partial charge in [-0.1, -0.05) is 13.8 Å². The number of rotatable bonds is 7. The van der Waals surface area contributed by atoms with Crippen molar-refractivity contribution in [2.45, 2.75) is 40.0 Å². The third-order valence-corrected chi connectivity index (χ3v) is 3.83. The lowest BCUT2D eigenvalue weighted by Crippen LogP contribution is -2.22. The number of nitrogens with one attached hydrogen (secondary N) is 1. The van der Waals surface area contributed by atoms with Crippen molar-refractivity contribution in [2.75, 3.05) is 7.11 Å². The zero-order valence-electron chi connectivity index (χ0n) is 13.0. The van der Waals surface area contributed by atoms with Crippen LogP contribution in [0.3, 0.4) is 0 Å². The molecule has 0 atom stereocenters. The molecule has 0 aliphatic rings. The number of nitrogens with zero attached hydrogens (tertiary/aromatic N) is 1. The van der Waals surface area contributed by atoms with Gasteiger partial charge in [-0.15, -0.1) is 11.3 Å². The molecule has 0 fully saturated rings. The number of methoxy groups -OCH3 is 1. The van der Waals surface area contributed by atoms with Gasteiger partial charge in [-0.05, 0) is 25.1 Å². The Kier molecular flexibility index (Phi) is 5.59. The van der Waals surface area contributed by atoms with Crippen LogP contribution >= 0.6 is 11.3 Å². The summed E-state index contributed by atoms with van der Waals surface area (Å²) in [5.74, 6) is 1.71. The molecule has 0 saturated heterocycles. The van der Waals surface area contributed by atoms with Crippen LogP contribution in [0, 0.1) is 6.92 Å². The number of ether oxygens (including phenoxy) is 2. The van der Waals surface area contributed by atoms with E-state index in [1.165, 1.54) is 0 Å². The highest BCUT2D eigenvalue weighted by Crippen LogP contribution is 2.25. The Morgan fingerprint density at radius 3 is 2.76 bits per heavy atom. The molecule has 0 saturated carbocycles. The van der Waals surface area contributed by atoms with Crippen LogP contribution in [0.1, 0.15) is 30.1 Å². The summed E-state index contributed by atoms with van der Waals surface area (Å²) in [6, 6.07) is 6.30. The largest absolute Gasteiger partial charge is 0.497 e. The van der Waals surface area contributed by atoms with Crippen molar-refractivity contribution in [1.82, 2.24) is 10.3 Å². The van der Waals surface area contributed by atoms with E-state index >= 15 is 0 Å². The van der Waals surface area contributed by atoms with E-state index in [0.29, 0.717) is 12.6 Å². The Morgan fingerprint density at radius 2 is 2.14 bits per heavy atom. The minimum atomic E-state index is 0.422. The molecular formula is C16H22N2O2S. The molecule has 2 aromatic rings. The van der Waals surface area contributed by atoms with Gasteiger partial charge in [0.2, 0.25) is 0 Å². The highest BCUT2D eigenvalue weighted by molar-refractivity contribution is 7.09. The molecule has 4 nitrogen and oxygen atoms in total. The molecule has 1 heterocycles. The van der Waals surface area contributed by atoms with Crippen LogP contribution < -0.4 is 14.8 Å². The Hall–Kier alpha value is -1.59. The second kappa shape index (κ2) is 7.43. The van der Waals surface area contributed by atoms with Gasteiger partial charge in [0.05, 0.1) is 17.8 Å². The zero-order chi connectivity index (χ0) is 15.2. The third-order valence-electron chi connectivity index (χ3n) is 3.01. The smallest absolute Gasteiger partial charge is 0.131 e. The summed E-state index contributed by atoms with van der Waals surface area (Å²) in [4.78, 5) is 4.42. The van der Waals surface area contributed by atoms with Crippen molar-refractivity contribution in [2.24, 2.45) is 0 Å².